The van der Waals surface area contributed by atoms with Crippen molar-refractivity contribution >= 4 is 0 Å². The van der Waals surface area contributed by atoms with Gasteiger partial charge in [0.15, 0.2) is 0 Å². The highest BCUT2D eigenvalue weighted by molar-refractivity contribution is 5.45. The molecule has 3 rings (SSSR count). The summed E-state index contributed by atoms with van der Waals surface area (Å²) in [5.41, 5.74) is 12.5. The molecule has 0 amide bonds. The maximum Gasteiger partial charge on any atom is 0.00825 e. The van der Waals surface area contributed by atoms with E-state index in [9.17, 15) is 0 Å². The molecule has 14 heavy (non-hydrogen) atoms. The minimum atomic E-state index is 0.405. The zero-order valence-electron chi connectivity index (χ0n) is 8.55. The fraction of sp³-hybridized carbons (Fsp3) is 0.538. The van der Waals surface area contributed by atoms with E-state index in [1.165, 1.54) is 37.7 Å². The Balaban J connectivity index is 2.10. The Bertz CT molecular complexity index is 368. The number of hydrogen-bond donors (Lipinski definition) is 1. The summed E-state index contributed by atoms with van der Waals surface area (Å²) in [6.07, 6.45) is 7.48. The lowest BCUT2D eigenvalue weighted by Crippen LogP contribution is -2.28. The monoisotopic (exact) mass is 187 g/mol. The highest BCUT2D eigenvalue weighted by Gasteiger charge is 2.22. The summed E-state index contributed by atoms with van der Waals surface area (Å²) in [5.74, 6) is 0. The summed E-state index contributed by atoms with van der Waals surface area (Å²) in [6, 6.07) is 5.06. The van der Waals surface area contributed by atoms with E-state index in [1.807, 2.05) is 0 Å². The van der Waals surface area contributed by atoms with Gasteiger partial charge in [0.1, 0.15) is 0 Å². The van der Waals surface area contributed by atoms with Gasteiger partial charge in [-0.3, -0.25) is 0 Å². The topological polar surface area (TPSA) is 26.0 Å². The van der Waals surface area contributed by atoms with Crippen LogP contribution in [0.3, 0.4) is 0 Å². The van der Waals surface area contributed by atoms with Crippen LogP contribution in [0.2, 0.25) is 0 Å². The van der Waals surface area contributed by atoms with Gasteiger partial charge in [-0.25, -0.2) is 0 Å². The van der Waals surface area contributed by atoms with E-state index in [1.54, 1.807) is 16.7 Å². The smallest absolute Gasteiger partial charge is 0.00825 e. The zero-order chi connectivity index (χ0) is 9.54. The lowest BCUT2D eigenvalue weighted by Gasteiger charge is -2.23. The largest absolute Gasteiger partial charge is 0.327 e. The molecule has 1 unspecified atom stereocenters. The summed E-state index contributed by atoms with van der Waals surface area (Å²) in [5, 5.41) is 0. The Morgan fingerprint density at radius 3 is 2.71 bits per heavy atom. The Hall–Kier alpha value is -0.820. The van der Waals surface area contributed by atoms with Gasteiger partial charge in [-0.05, 0) is 60.8 Å². The molecule has 0 saturated heterocycles. The van der Waals surface area contributed by atoms with Crippen LogP contribution >= 0.6 is 0 Å². The van der Waals surface area contributed by atoms with E-state index in [2.05, 4.69) is 12.1 Å². The van der Waals surface area contributed by atoms with Crippen molar-refractivity contribution in [1.82, 2.24) is 0 Å². The summed E-state index contributed by atoms with van der Waals surface area (Å²) in [7, 11) is 0. The van der Waals surface area contributed by atoms with Gasteiger partial charge in [0.2, 0.25) is 0 Å². The fourth-order valence-corrected chi connectivity index (χ4v) is 3.01. The summed E-state index contributed by atoms with van der Waals surface area (Å²) in [4.78, 5) is 0. The molecule has 0 radical (unpaired) electrons. The summed E-state index contributed by atoms with van der Waals surface area (Å²) < 4.78 is 0. The minimum absolute atomic E-state index is 0.405. The molecule has 0 aromatic heterocycles. The molecule has 0 spiro atoms. The first-order valence-corrected chi connectivity index (χ1v) is 5.72. The third-order valence-corrected chi connectivity index (χ3v) is 3.75. The van der Waals surface area contributed by atoms with Crippen molar-refractivity contribution in [2.24, 2.45) is 5.73 Å². The first-order valence-electron chi connectivity index (χ1n) is 5.72. The molecule has 0 bridgehead atoms. The van der Waals surface area contributed by atoms with Crippen LogP contribution in [-0.4, -0.2) is 6.04 Å². The molecule has 1 aromatic rings. The molecule has 1 atom stereocenters. The Morgan fingerprint density at radius 1 is 1.00 bits per heavy atom. The predicted octanol–water partition coefficient (Wildman–Crippen LogP) is 1.99. The molecule has 1 heteroatoms. The van der Waals surface area contributed by atoms with Gasteiger partial charge >= 0.3 is 0 Å². The summed E-state index contributed by atoms with van der Waals surface area (Å²) in [6.45, 7) is 0. The third-order valence-electron chi connectivity index (χ3n) is 3.75. The van der Waals surface area contributed by atoms with E-state index >= 15 is 0 Å². The van der Waals surface area contributed by atoms with Crippen molar-refractivity contribution in [2.75, 3.05) is 0 Å². The second-order valence-electron chi connectivity index (χ2n) is 4.70. The van der Waals surface area contributed by atoms with Gasteiger partial charge < -0.3 is 5.73 Å². The van der Waals surface area contributed by atoms with E-state index < -0.39 is 0 Å². The quantitative estimate of drug-likeness (QED) is 0.660. The van der Waals surface area contributed by atoms with Gasteiger partial charge in [0.05, 0.1) is 0 Å². The van der Waals surface area contributed by atoms with Crippen LogP contribution in [0.4, 0.5) is 0 Å². The average molecular weight is 187 g/mol. The lowest BCUT2D eigenvalue weighted by atomic mass is 9.84. The minimum Gasteiger partial charge on any atom is -0.327 e. The van der Waals surface area contributed by atoms with Crippen LogP contribution in [0.15, 0.2) is 12.1 Å². The fourth-order valence-electron chi connectivity index (χ4n) is 3.01. The van der Waals surface area contributed by atoms with Crippen molar-refractivity contribution in [3.05, 3.63) is 34.4 Å². The molecule has 0 aliphatic heterocycles. The van der Waals surface area contributed by atoms with Gasteiger partial charge in [-0.1, -0.05) is 12.1 Å². The van der Waals surface area contributed by atoms with Crippen LogP contribution in [0.1, 0.15) is 35.1 Å². The first-order chi connectivity index (χ1) is 6.84. The van der Waals surface area contributed by atoms with Crippen molar-refractivity contribution in [3.63, 3.8) is 0 Å². The number of hydrogen-bond acceptors (Lipinski definition) is 1. The number of nitrogens with two attached hydrogens (primary N) is 1. The Morgan fingerprint density at radius 2 is 1.79 bits per heavy atom. The van der Waals surface area contributed by atoms with E-state index in [0.29, 0.717) is 6.04 Å². The molecular weight excluding hydrogens is 170 g/mol. The second-order valence-corrected chi connectivity index (χ2v) is 4.70. The molecule has 0 saturated carbocycles. The predicted molar refractivity (Wildman–Crippen MR) is 58.5 cm³/mol. The van der Waals surface area contributed by atoms with Crippen LogP contribution in [-0.2, 0) is 25.7 Å². The SMILES string of the molecule is NC1CCc2c(ccc3c2CCC3)C1. The summed E-state index contributed by atoms with van der Waals surface area (Å²) >= 11 is 0. The highest BCUT2D eigenvalue weighted by atomic mass is 14.6. The molecule has 0 heterocycles. The molecule has 1 nitrogen and oxygen atoms in total. The van der Waals surface area contributed by atoms with Crippen molar-refractivity contribution in [1.29, 1.82) is 0 Å². The van der Waals surface area contributed by atoms with Crippen molar-refractivity contribution < 1.29 is 0 Å². The average Bonchev–Trinajstić information content (AvgIpc) is 2.65. The second kappa shape index (κ2) is 3.09. The molecule has 1 aromatic carbocycles. The van der Waals surface area contributed by atoms with E-state index in [4.69, 9.17) is 5.73 Å². The number of aryl methyl sites for hydroxylation is 1. The number of rotatable bonds is 0. The number of fused-ring (bicyclic) bond motifs is 3. The standard InChI is InChI=1S/C13H17N/c14-11-6-7-13-10(8-11)5-4-9-2-1-3-12(9)13/h4-5,11H,1-3,6-8,14H2. The van der Waals surface area contributed by atoms with Crippen LogP contribution in [0.25, 0.3) is 0 Å². The van der Waals surface area contributed by atoms with Crippen LogP contribution in [0.5, 0.6) is 0 Å². The van der Waals surface area contributed by atoms with Gasteiger partial charge in [0, 0.05) is 6.04 Å². The molecule has 2 aliphatic carbocycles. The molecule has 0 fully saturated rings. The van der Waals surface area contributed by atoms with Crippen LogP contribution < -0.4 is 5.73 Å². The normalized spacial score (nSPS) is 24.5. The Labute approximate surface area is 85.3 Å². The lowest BCUT2D eigenvalue weighted by molar-refractivity contribution is 0.573. The molecule has 74 valence electrons. The van der Waals surface area contributed by atoms with Gasteiger partial charge in [0.25, 0.3) is 0 Å². The third kappa shape index (κ3) is 1.19. The maximum atomic E-state index is 5.99. The zero-order valence-corrected chi connectivity index (χ0v) is 8.55. The molecular formula is C13H17N. The van der Waals surface area contributed by atoms with Crippen molar-refractivity contribution in [2.45, 2.75) is 44.6 Å². The number of benzene rings is 1. The van der Waals surface area contributed by atoms with Gasteiger partial charge in [-0.15, -0.1) is 0 Å². The first kappa shape index (κ1) is 8.49. The highest BCUT2D eigenvalue weighted by Crippen LogP contribution is 2.31. The molecule has 2 N–H and O–H groups in total. The Kier molecular flexibility index (Phi) is 1.88. The molecule has 2 aliphatic rings. The van der Waals surface area contributed by atoms with Crippen molar-refractivity contribution in [3.8, 4) is 0 Å². The van der Waals surface area contributed by atoms with E-state index in [0.717, 1.165) is 6.42 Å². The van der Waals surface area contributed by atoms with Gasteiger partial charge in [-0.2, -0.15) is 0 Å². The van der Waals surface area contributed by atoms with E-state index in [-0.39, 0.29) is 0 Å². The maximum absolute atomic E-state index is 5.99. The van der Waals surface area contributed by atoms with Crippen LogP contribution in [0, 0.1) is 0 Å².